The van der Waals surface area contributed by atoms with Gasteiger partial charge in [0.25, 0.3) is 0 Å². The van der Waals surface area contributed by atoms with Crippen LogP contribution in [-0.2, 0) is 6.54 Å². The van der Waals surface area contributed by atoms with Gasteiger partial charge < -0.3 is 5.73 Å². The van der Waals surface area contributed by atoms with Crippen molar-refractivity contribution in [3.63, 3.8) is 0 Å². The van der Waals surface area contributed by atoms with Crippen molar-refractivity contribution in [3.05, 3.63) is 11.8 Å². The fourth-order valence-electron chi connectivity index (χ4n) is 2.33. The quantitative estimate of drug-likeness (QED) is 0.783. The van der Waals surface area contributed by atoms with Gasteiger partial charge in [-0.25, -0.2) is 0 Å². The molecule has 0 amide bonds. The third-order valence-electron chi connectivity index (χ3n) is 3.16. The van der Waals surface area contributed by atoms with Crippen molar-refractivity contribution in [2.75, 3.05) is 5.73 Å². The molecular formula is C11H19N3. The lowest BCUT2D eigenvalue weighted by Gasteiger charge is -2.21. The van der Waals surface area contributed by atoms with E-state index >= 15 is 0 Å². The Morgan fingerprint density at radius 2 is 2.14 bits per heavy atom. The van der Waals surface area contributed by atoms with Gasteiger partial charge in [-0.1, -0.05) is 19.3 Å². The number of nitrogens with two attached hydrogens (primary N) is 1. The van der Waals surface area contributed by atoms with Crippen molar-refractivity contribution in [3.8, 4) is 0 Å². The van der Waals surface area contributed by atoms with Crippen molar-refractivity contribution in [2.45, 2.75) is 45.6 Å². The van der Waals surface area contributed by atoms with Crippen LogP contribution in [0.15, 0.2) is 6.07 Å². The summed E-state index contributed by atoms with van der Waals surface area (Å²) in [6, 6.07) is 1.95. The number of hydrogen-bond donors (Lipinski definition) is 1. The molecule has 14 heavy (non-hydrogen) atoms. The molecular weight excluding hydrogens is 174 g/mol. The standard InChI is InChI=1S/C11H19N3/c1-9-7-11(12)13-14(9)8-10-5-3-2-4-6-10/h7,10H,2-6,8H2,1H3,(H2,12,13). The van der Waals surface area contributed by atoms with Gasteiger partial charge in [0.1, 0.15) is 5.82 Å². The van der Waals surface area contributed by atoms with E-state index in [0.29, 0.717) is 5.82 Å². The molecule has 3 heteroatoms. The minimum atomic E-state index is 0.651. The highest BCUT2D eigenvalue weighted by atomic mass is 15.3. The van der Waals surface area contributed by atoms with Crippen LogP contribution in [0.25, 0.3) is 0 Å². The third-order valence-corrected chi connectivity index (χ3v) is 3.16. The third kappa shape index (κ3) is 2.08. The highest BCUT2D eigenvalue weighted by Crippen LogP contribution is 2.25. The Bertz CT molecular complexity index is 297. The molecule has 1 aliphatic carbocycles. The maximum atomic E-state index is 5.65. The van der Waals surface area contributed by atoms with Gasteiger partial charge >= 0.3 is 0 Å². The van der Waals surface area contributed by atoms with Crippen LogP contribution < -0.4 is 5.73 Å². The van der Waals surface area contributed by atoms with Crippen LogP contribution in [0.3, 0.4) is 0 Å². The number of rotatable bonds is 2. The molecule has 0 radical (unpaired) electrons. The molecule has 0 saturated heterocycles. The maximum absolute atomic E-state index is 5.65. The molecule has 0 unspecified atom stereocenters. The lowest BCUT2D eigenvalue weighted by molar-refractivity contribution is 0.306. The average Bonchev–Trinajstić information content (AvgIpc) is 2.47. The number of aromatic nitrogens is 2. The Morgan fingerprint density at radius 1 is 1.43 bits per heavy atom. The van der Waals surface area contributed by atoms with Crippen LogP contribution >= 0.6 is 0 Å². The van der Waals surface area contributed by atoms with Gasteiger partial charge in [0.15, 0.2) is 0 Å². The minimum Gasteiger partial charge on any atom is -0.382 e. The number of nitrogen functional groups attached to an aromatic ring is 1. The zero-order valence-electron chi connectivity index (χ0n) is 8.87. The Labute approximate surface area is 85.3 Å². The largest absolute Gasteiger partial charge is 0.382 e. The predicted molar refractivity (Wildman–Crippen MR) is 58.0 cm³/mol. The van der Waals surface area contributed by atoms with Gasteiger partial charge in [-0.05, 0) is 25.7 Å². The molecule has 3 nitrogen and oxygen atoms in total. The number of anilines is 1. The lowest BCUT2D eigenvalue weighted by Crippen LogP contribution is -2.16. The van der Waals surface area contributed by atoms with Crippen LogP contribution in [0.1, 0.15) is 37.8 Å². The lowest BCUT2D eigenvalue weighted by atomic mass is 9.89. The Balaban J connectivity index is 1.98. The molecule has 0 aromatic carbocycles. The fourth-order valence-corrected chi connectivity index (χ4v) is 2.33. The molecule has 0 atom stereocenters. The van der Waals surface area contributed by atoms with Crippen LogP contribution in [0.4, 0.5) is 5.82 Å². The van der Waals surface area contributed by atoms with Gasteiger partial charge in [0, 0.05) is 18.3 Å². The summed E-state index contributed by atoms with van der Waals surface area (Å²) in [5.41, 5.74) is 6.84. The Hall–Kier alpha value is -0.990. The first-order valence-electron chi connectivity index (χ1n) is 5.55. The second-order valence-electron chi connectivity index (χ2n) is 4.40. The smallest absolute Gasteiger partial charge is 0.145 e. The number of aryl methyl sites for hydroxylation is 1. The fraction of sp³-hybridized carbons (Fsp3) is 0.727. The van der Waals surface area contributed by atoms with Crippen molar-refractivity contribution in [1.29, 1.82) is 0 Å². The normalized spacial score (nSPS) is 18.6. The number of hydrogen-bond acceptors (Lipinski definition) is 2. The summed E-state index contributed by atoms with van der Waals surface area (Å²) in [6.45, 7) is 3.13. The van der Waals surface area contributed by atoms with Crippen LogP contribution in [0, 0.1) is 12.8 Å². The summed E-state index contributed by atoms with van der Waals surface area (Å²) in [5.74, 6) is 1.47. The first-order valence-corrected chi connectivity index (χ1v) is 5.55. The first-order chi connectivity index (χ1) is 6.75. The molecule has 1 fully saturated rings. The summed E-state index contributed by atoms with van der Waals surface area (Å²) < 4.78 is 2.06. The predicted octanol–water partition coefficient (Wildman–Crippen LogP) is 2.35. The molecule has 0 spiro atoms. The molecule has 0 aliphatic heterocycles. The van der Waals surface area contributed by atoms with Crippen molar-refractivity contribution < 1.29 is 0 Å². The second kappa shape index (κ2) is 4.03. The van der Waals surface area contributed by atoms with Gasteiger partial charge in [-0.2, -0.15) is 5.10 Å². The van der Waals surface area contributed by atoms with Crippen molar-refractivity contribution in [1.82, 2.24) is 9.78 Å². The monoisotopic (exact) mass is 193 g/mol. The SMILES string of the molecule is Cc1cc(N)nn1CC1CCCCC1. The zero-order valence-corrected chi connectivity index (χ0v) is 8.87. The van der Waals surface area contributed by atoms with Crippen molar-refractivity contribution >= 4 is 5.82 Å². The summed E-state index contributed by atoms with van der Waals surface area (Å²) in [5, 5.41) is 4.30. The topological polar surface area (TPSA) is 43.8 Å². The summed E-state index contributed by atoms with van der Waals surface area (Å²) in [4.78, 5) is 0. The molecule has 1 saturated carbocycles. The number of nitrogens with zero attached hydrogens (tertiary/aromatic N) is 2. The minimum absolute atomic E-state index is 0.651. The molecule has 1 aliphatic rings. The van der Waals surface area contributed by atoms with Gasteiger partial charge in [-0.15, -0.1) is 0 Å². The van der Waals surface area contributed by atoms with Crippen molar-refractivity contribution in [2.24, 2.45) is 5.92 Å². The molecule has 1 aromatic rings. The average molecular weight is 193 g/mol. The van der Waals surface area contributed by atoms with E-state index in [2.05, 4.69) is 16.7 Å². The molecule has 78 valence electrons. The first kappa shape index (κ1) is 9.56. The van der Waals surface area contributed by atoms with E-state index in [1.54, 1.807) is 0 Å². The van der Waals surface area contributed by atoms with E-state index < -0.39 is 0 Å². The highest BCUT2D eigenvalue weighted by Gasteiger charge is 2.15. The van der Waals surface area contributed by atoms with Crippen LogP contribution in [0.5, 0.6) is 0 Å². The highest BCUT2D eigenvalue weighted by molar-refractivity contribution is 5.28. The Morgan fingerprint density at radius 3 is 2.71 bits per heavy atom. The second-order valence-corrected chi connectivity index (χ2v) is 4.40. The van der Waals surface area contributed by atoms with Gasteiger partial charge in [0.2, 0.25) is 0 Å². The van der Waals surface area contributed by atoms with E-state index in [4.69, 9.17) is 5.73 Å². The van der Waals surface area contributed by atoms with E-state index in [1.807, 2.05) is 6.07 Å². The molecule has 1 heterocycles. The van der Waals surface area contributed by atoms with Crippen LogP contribution in [0.2, 0.25) is 0 Å². The Kier molecular flexibility index (Phi) is 2.75. The molecule has 2 rings (SSSR count). The van der Waals surface area contributed by atoms with E-state index in [-0.39, 0.29) is 0 Å². The molecule has 1 aromatic heterocycles. The van der Waals surface area contributed by atoms with Gasteiger partial charge in [-0.3, -0.25) is 4.68 Å². The summed E-state index contributed by atoms with van der Waals surface area (Å²) in [7, 11) is 0. The summed E-state index contributed by atoms with van der Waals surface area (Å²) in [6.07, 6.45) is 6.91. The summed E-state index contributed by atoms with van der Waals surface area (Å²) >= 11 is 0. The molecule has 0 bridgehead atoms. The van der Waals surface area contributed by atoms with E-state index in [1.165, 1.54) is 37.8 Å². The van der Waals surface area contributed by atoms with E-state index in [0.717, 1.165) is 12.5 Å². The zero-order chi connectivity index (χ0) is 9.97. The van der Waals surface area contributed by atoms with Gasteiger partial charge in [0.05, 0.1) is 0 Å². The maximum Gasteiger partial charge on any atom is 0.145 e. The van der Waals surface area contributed by atoms with Crippen LogP contribution in [-0.4, -0.2) is 9.78 Å². The van der Waals surface area contributed by atoms with E-state index in [9.17, 15) is 0 Å². The molecule has 2 N–H and O–H groups in total.